The fraction of sp³-hybridized carbons (Fsp3) is 0.684. The van der Waals surface area contributed by atoms with Crippen LogP contribution in [-0.4, -0.2) is 56.5 Å². The van der Waals surface area contributed by atoms with Crippen molar-refractivity contribution in [2.24, 2.45) is 13.0 Å². The standard InChI is InChI=1S/C19H32N6/c1-6-25-9-7-8-16(19(25)17-10-20-24(5)12-17)11-23(4)13-18-14(2)21-22-15(18)3/h10,12,16,19H,6-9,11,13H2,1-5H3,(H,21,22)/t16-,19+/m0/s1. The van der Waals surface area contributed by atoms with E-state index in [1.165, 1.54) is 36.2 Å². The number of H-pyrrole nitrogens is 1. The molecule has 0 unspecified atom stereocenters. The Morgan fingerprint density at radius 1 is 1.36 bits per heavy atom. The molecule has 138 valence electrons. The summed E-state index contributed by atoms with van der Waals surface area (Å²) in [5.41, 5.74) is 5.00. The SMILES string of the molecule is CCN1CCC[C@@H](CN(C)Cc2c(C)n[nH]c2C)[C@@H]1c1cnn(C)c1. The lowest BCUT2D eigenvalue weighted by Crippen LogP contribution is -2.42. The van der Waals surface area contributed by atoms with E-state index in [4.69, 9.17) is 0 Å². The first kappa shape index (κ1) is 18.1. The third-order valence-electron chi connectivity index (χ3n) is 5.59. The zero-order chi connectivity index (χ0) is 18.0. The van der Waals surface area contributed by atoms with Crippen molar-refractivity contribution in [1.29, 1.82) is 0 Å². The van der Waals surface area contributed by atoms with Gasteiger partial charge in [-0.3, -0.25) is 14.7 Å². The number of likely N-dealkylation sites (tertiary alicyclic amines) is 1. The van der Waals surface area contributed by atoms with Gasteiger partial charge in [0.25, 0.3) is 0 Å². The normalized spacial score (nSPS) is 22.0. The Hall–Kier alpha value is -1.66. The first-order valence-electron chi connectivity index (χ1n) is 9.41. The molecule has 3 heterocycles. The van der Waals surface area contributed by atoms with Crippen molar-refractivity contribution in [3.05, 3.63) is 34.9 Å². The Bertz CT molecular complexity index is 668. The summed E-state index contributed by atoms with van der Waals surface area (Å²) in [6, 6.07) is 0.474. The largest absolute Gasteiger partial charge is 0.302 e. The summed E-state index contributed by atoms with van der Waals surface area (Å²) in [7, 11) is 4.24. The number of aromatic nitrogens is 4. The summed E-state index contributed by atoms with van der Waals surface area (Å²) in [4.78, 5) is 5.07. The van der Waals surface area contributed by atoms with Crippen LogP contribution in [0.25, 0.3) is 0 Å². The summed E-state index contributed by atoms with van der Waals surface area (Å²) in [5.74, 6) is 0.635. The van der Waals surface area contributed by atoms with Gasteiger partial charge < -0.3 is 4.90 Å². The van der Waals surface area contributed by atoms with Crippen LogP contribution in [0.2, 0.25) is 0 Å². The topological polar surface area (TPSA) is 53.0 Å². The van der Waals surface area contributed by atoms with Gasteiger partial charge in [0.15, 0.2) is 0 Å². The van der Waals surface area contributed by atoms with E-state index < -0.39 is 0 Å². The lowest BCUT2D eigenvalue weighted by molar-refractivity contribution is 0.0748. The Kier molecular flexibility index (Phi) is 5.59. The number of hydrogen-bond acceptors (Lipinski definition) is 4. The number of piperidine rings is 1. The molecule has 3 rings (SSSR count). The summed E-state index contributed by atoms with van der Waals surface area (Å²) in [5, 5.41) is 11.9. The maximum absolute atomic E-state index is 4.42. The molecule has 1 aliphatic rings. The van der Waals surface area contributed by atoms with E-state index in [9.17, 15) is 0 Å². The van der Waals surface area contributed by atoms with Gasteiger partial charge in [0.1, 0.15) is 0 Å². The average Bonchev–Trinajstić information content (AvgIpc) is 3.15. The Morgan fingerprint density at radius 3 is 2.76 bits per heavy atom. The minimum atomic E-state index is 0.474. The number of hydrogen-bond donors (Lipinski definition) is 1. The molecule has 0 spiro atoms. The Labute approximate surface area is 151 Å². The quantitative estimate of drug-likeness (QED) is 0.875. The summed E-state index contributed by atoms with van der Waals surface area (Å²) >= 11 is 0. The van der Waals surface area contributed by atoms with Gasteiger partial charge in [-0.25, -0.2) is 0 Å². The number of nitrogens with zero attached hydrogens (tertiary/aromatic N) is 5. The van der Waals surface area contributed by atoms with E-state index in [-0.39, 0.29) is 0 Å². The van der Waals surface area contributed by atoms with Gasteiger partial charge in [0, 0.05) is 49.2 Å². The number of aryl methyl sites for hydroxylation is 3. The molecule has 25 heavy (non-hydrogen) atoms. The Balaban J connectivity index is 1.74. The Morgan fingerprint density at radius 2 is 2.16 bits per heavy atom. The van der Waals surface area contributed by atoms with Gasteiger partial charge in [-0.05, 0) is 52.7 Å². The molecule has 6 heteroatoms. The molecule has 0 aliphatic carbocycles. The molecule has 1 N–H and O–H groups in total. The van der Waals surface area contributed by atoms with Crippen LogP contribution < -0.4 is 0 Å². The van der Waals surface area contributed by atoms with Crippen LogP contribution in [0.3, 0.4) is 0 Å². The van der Waals surface area contributed by atoms with E-state index >= 15 is 0 Å². The van der Waals surface area contributed by atoms with E-state index in [0.29, 0.717) is 12.0 Å². The van der Waals surface area contributed by atoms with E-state index in [1.54, 1.807) is 0 Å². The van der Waals surface area contributed by atoms with Gasteiger partial charge in [0.05, 0.1) is 11.9 Å². The molecular weight excluding hydrogens is 312 g/mol. The van der Waals surface area contributed by atoms with Crippen molar-refractivity contribution in [1.82, 2.24) is 29.8 Å². The van der Waals surface area contributed by atoms with Crippen molar-refractivity contribution in [3.63, 3.8) is 0 Å². The second kappa shape index (κ2) is 7.70. The molecule has 6 nitrogen and oxygen atoms in total. The average molecular weight is 345 g/mol. The number of rotatable bonds is 6. The summed E-state index contributed by atoms with van der Waals surface area (Å²) in [6.45, 7) is 10.8. The minimum Gasteiger partial charge on any atom is -0.302 e. The van der Waals surface area contributed by atoms with Crippen LogP contribution in [0.15, 0.2) is 12.4 Å². The third kappa shape index (κ3) is 3.96. The van der Waals surface area contributed by atoms with Crippen molar-refractivity contribution in [3.8, 4) is 0 Å². The second-order valence-corrected chi connectivity index (χ2v) is 7.53. The first-order valence-corrected chi connectivity index (χ1v) is 9.41. The van der Waals surface area contributed by atoms with Gasteiger partial charge in [-0.15, -0.1) is 0 Å². The van der Waals surface area contributed by atoms with Crippen molar-refractivity contribution in [2.45, 2.75) is 46.2 Å². The molecule has 0 amide bonds. The van der Waals surface area contributed by atoms with Crippen molar-refractivity contribution in [2.75, 3.05) is 26.7 Å². The molecule has 0 radical (unpaired) electrons. The molecule has 1 fully saturated rings. The monoisotopic (exact) mass is 344 g/mol. The number of aromatic amines is 1. The van der Waals surface area contributed by atoms with Crippen molar-refractivity contribution < 1.29 is 0 Å². The van der Waals surface area contributed by atoms with Crippen molar-refractivity contribution >= 4 is 0 Å². The molecule has 2 aromatic rings. The molecule has 1 aliphatic heterocycles. The predicted molar refractivity (Wildman–Crippen MR) is 100 cm³/mol. The molecule has 0 saturated carbocycles. The van der Waals surface area contributed by atoms with Crippen LogP contribution in [0, 0.1) is 19.8 Å². The van der Waals surface area contributed by atoms with E-state index in [0.717, 1.165) is 25.3 Å². The van der Waals surface area contributed by atoms with E-state index in [2.05, 4.69) is 65.3 Å². The molecule has 0 aromatic carbocycles. The van der Waals surface area contributed by atoms with Crippen LogP contribution >= 0.6 is 0 Å². The molecule has 2 aromatic heterocycles. The third-order valence-corrected chi connectivity index (χ3v) is 5.59. The molecule has 2 atom stereocenters. The molecular formula is C19H32N6. The van der Waals surface area contributed by atoms with Crippen LogP contribution in [0.5, 0.6) is 0 Å². The summed E-state index contributed by atoms with van der Waals surface area (Å²) < 4.78 is 1.93. The fourth-order valence-corrected chi connectivity index (χ4v) is 4.32. The van der Waals surface area contributed by atoms with E-state index in [1.807, 2.05) is 11.7 Å². The highest BCUT2D eigenvalue weighted by Crippen LogP contribution is 2.36. The fourth-order valence-electron chi connectivity index (χ4n) is 4.32. The van der Waals surface area contributed by atoms with Gasteiger partial charge in [0.2, 0.25) is 0 Å². The lowest BCUT2D eigenvalue weighted by atomic mass is 9.85. The van der Waals surface area contributed by atoms with Crippen LogP contribution in [0.4, 0.5) is 0 Å². The first-order chi connectivity index (χ1) is 12.0. The maximum atomic E-state index is 4.42. The summed E-state index contributed by atoms with van der Waals surface area (Å²) in [6.07, 6.45) is 6.81. The van der Waals surface area contributed by atoms with Crippen LogP contribution in [-0.2, 0) is 13.6 Å². The predicted octanol–water partition coefficient (Wildman–Crippen LogP) is 2.67. The van der Waals surface area contributed by atoms with Gasteiger partial charge in [-0.1, -0.05) is 6.92 Å². The minimum absolute atomic E-state index is 0.474. The maximum Gasteiger partial charge on any atom is 0.0639 e. The highest BCUT2D eigenvalue weighted by atomic mass is 15.3. The highest BCUT2D eigenvalue weighted by Gasteiger charge is 2.33. The van der Waals surface area contributed by atoms with Gasteiger partial charge >= 0.3 is 0 Å². The zero-order valence-corrected chi connectivity index (χ0v) is 16.3. The smallest absolute Gasteiger partial charge is 0.0639 e. The highest BCUT2D eigenvalue weighted by molar-refractivity contribution is 5.23. The molecule has 1 saturated heterocycles. The lowest BCUT2D eigenvalue weighted by Gasteiger charge is -2.42. The van der Waals surface area contributed by atoms with Crippen LogP contribution in [0.1, 0.15) is 48.3 Å². The zero-order valence-electron chi connectivity index (χ0n) is 16.3. The van der Waals surface area contributed by atoms with Gasteiger partial charge in [-0.2, -0.15) is 10.2 Å². The number of nitrogens with one attached hydrogen (secondary N) is 1. The molecule has 0 bridgehead atoms. The second-order valence-electron chi connectivity index (χ2n) is 7.53.